The van der Waals surface area contributed by atoms with Gasteiger partial charge in [-0.05, 0) is 32.3 Å². The molecule has 0 aliphatic heterocycles. The summed E-state index contributed by atoms with van der Waals surface area (Å²) >= 11 is 0. The highest BCUT2D eigenvalue weighted by Crippen LogP contribution is 2.24. The first-order chi connectivity index (χ1) is 11.6. The smallest absolute Gasteiger partial charge is 0.408 e. The Bertz CT molecular complexity index is 567. The second-order valence-corrected chi connectivity index (χ2v) is 7.48. The summed E-state index contributed by atoms with van der Waals surface area (Å²) in [5.41, 5.74) is 0.220. The maximum Gasteiger partial charge on any atom is 0.408 e. The van der Waals surface area contributed by atoms with E-state index >= 15 is 0 Å². The van der Waals surface area contributed by atoms with Gasteiger partial charge in [-0.3, -0.25) is 9.69 Å². The minimum Gasteiger partial charge on any atom is -0.465 e. The number of carboxylic acid groups (broad SMARTS) is 1. The van der Waals surface area contributed by atoms with Crippen molar-refractivity contribution in [3.8, 4) is 0 Å². The fraction of sp³-hybridized carbons (Fsp3) is 0.579. The number of amides is 2. The van der Waals surface area contributed by atoms with Crippen molar-refractivity contribution in [1.82, 2.24) is 9.80 Å². The molecule has 1 atom stereocenters. The first-order valence-corrected chi connectivity index (χ1v) is 8.55. The standard InChI is InChI=1S/C19H30N2O4/c1-14(2)16(21(18(24)25)19(3,4)5)17(23)20(11-12-22)13-15-9-7-6-8-10-15/h6-10,14,16,22H,11-13H2,1-5H3,(H,24,25)/t16-/m1/s1. The molecule has 0 aromatic heterocycles. The van der Waals surface area contributed by atoms with Gasteiger partial charge in [0.2, 0.25) is 5.91 Å². The van der Waals surface area contributed by atoms with E-state index in [4.69, 9.17) is 0 Å². The summed E-state index contributed by atoms with van der Waals surface area (Å²) in [7, 11) is 0. The summed E-state index contributed by atoms with van der Waals surface area (Å²) in [6.45, 7) is 9.32. The van der Waals surface area contributed by atoms with Crippen LogP contribution < -0.4 is 0 Å². The maximum atomic E-state index is 13.2. The van der Waals surface area contributed by atoms with Crippen molar-refractivity contribution in [2.45, 2.75) is 52.7 Å². The van der Waals surface area contributed by atoms with Gasteiger partial charge in [0.25, 0.3) is 0 Å². The molecule has 0 bridgehead atoms. The highest BCUT2D eigenvalue weighted by atomic mass is 16.4. The highest BCUT2D eigenvalue weighted by Gasteiger charge is 2.40. The monoisotopic (exact) mass is 350 g/mol. The van der Waals surface area contributed by atoms with Gasteiger partial charge in [0, 0.05) is 18.6 Å². The first-order valence-electron chi connectivity index (χ1n) is 8.55. The van der Waals surface area contributed by atoms with E-state index in [9.17, 15) is 19.8 Å². The van der Waals surface area contributed by atoms with E-state index in [2.05, 4.69) is 0 Å². The lowest BCUT2D eigenvalue weighted by Gasteiger charge is -2.42. The third-order valence-electron chi connectivity index (χ3n) is 3.99. The zero-order chi connectivity index (χ0) is 19.2. The predicted molar refractivity (Wildman–Crippen MR) is 97.2 cm³/mol. The van der Waals surface area contributed by atoms with Crippen molar-refractivity contribution in [3.63, 3.8) is 0 Å². The number of hydrogen-bond acceptors (Lipinski definition) is 3. The average molecular weight is 350 g/mol. The molecule has 0 saturated carbocycles. The Balaban J connectivity index is 3.17. The Labute approximate surface area is 150 Å². The molecule has 0 aliphatic rings. The molecule has 25 heavy (non-hydrogen) atoms. The van der Waals surface area contributed by atoms with Crippen LogP contribution in [0.1, 0.15) is 40.2 Å². The molecule has 1 aromatic rings. The lowest BCUT2D eigenvalue weighted by Crippen LogP contribution is -2.59. The molecule has 0 radical (unpaired) electrons. The van der Waals surface area contributed by atoms with Gasteiger partial charge in [0.1, 0.15) is 6.04 Å². The van der Waals surface area contributed by atoms with Crippen molar-refractivity contribution >= 4 is 12.0 Å². The largest absolute Gasteiger partial charge is 0.465 e. The van der Waals surface area contributed by atoms with Crippen LogP contribution in [0.5, 0.6) is 0 Å². The van der Waals surface area contributed by atoms with Crippen molar-refractivity contribution in [1.29, 1.82) is 0 Å². The summed E-state index contributed by atoms with van der Waals surface area (Å²) < 4.78 is 0. The number of nitrogens with zero attached hydrogens (tertiary/aromatic N) is 2. The summed E-state index contributed by atoms with van der Waals surface area (Å²) in [4.78, 5) is 27.8. The van der Waals surface area contributed by atoms with Gasteiger partial charge < -0.3 is 15.1 Å². The number of carbonyl (C=O) groups is 2. The van der Waals surface area contributed by atoms with Crippen LogP contribution in [-0.2, 0) is 11.3 Å². The highest BCUT2D eigenvalue weighted by molar-refractivity contribution is 5.86. The van der Waals surface area contributed by atoms with Gasteiger partial charge in [-0.15, -0.1) is 0 Å². The van der Waals surface area contributed by atoms with E-state index in [1.54, 1.807) is 20.8 Å². The van der Waals surface area contributed by atoms with Crippen LogP contribution in [0.2, 0.25) is 0 Å². The number of carbonyl (C=O) groups excluding carboxylic acids is 1. The molecular formula is C19H30N2O4. The first kappa shape index (κ1) is 21.0. The van der Waals surface area contributed by atoms with Crippen LogP contribution in [0, 0.1) is 5.92 Å². The molecule has 0 heterocycles. The average Bonchev–Trinajstić information content (AvgIpc) is 2.50. The quantitative estimate of drug-likeness (QED) is 0.792. The van der Waals surface area contributed by atoms with Crippen LogP contribution in [0.25, 0.3) is 0 Å². The SMILES string of the molecule is CC(C)[C@H](C(=O)N(CCO)Cc1ccccc1)N(C(=O)O)C(C)(C)C. The summed E-state index contributed by atoms with van der Waals surface area (Å²) in [5, 5.41) is 19.1. The molecule has 6 nitrogen and oxygen atoms in total. The Kier molecular flexibility index (Phi) is 7.42. The molecule has 0 aliphatic carbocycles. The van der Waals surface area contributed by atoms with Crippen molar-refractivity contribution in [2.24, 2.45) is 5.92 Å². The normalized spacial score (nSPS) is 12.8. The lowest BCUT2D eigenvalue weighted by atomic mass is 9.95. The zero-order valence-corrected chi connectivity index (χ0v) is 15.8. The van der Waals surface area contributed by atoms with Gasteiger partial charge in [0.05, 0.1) is 6.61 Å². The molecule has 0 spiro atoms. The molecule has 0 saturated heterocycles. The van der Waals surface area contributed by atoms with Gasteiger partial charge in [0.15, 0.2) is 0 Å². The van der Waals surface area contributed by atoms with Crippen molar-refractivity contribution in [3.05, 3.63) is 35.9 Å². The molecule has 2 amide bonds. The van der Waals surface area contributed by atoms with Gasteiger partial charge in [-0.1, -0.05) is 44.2 Å². The van der Waals surface area contributed by atoms with E-state index in [0.29, 0.717) is 6.54 Å². The van der Waals surface area contributed by atoms with Crippen molar-refractivity contribution in [2.75, 3.05) is 13.2 Å². The van der Waals surface area contributed by atoms with Gasteiger partial charge in [-0.25, -0.2) is 4.79 Å². The second kappa shape index (κ2) is 8.85. The van der Waals surface area contributed by atoms with Crippen molar-refractivity contribution < 1.29 is 19.8 Å². The third-order valence-corrected chi connectivity index (χ3v) is 3.99. The van der Waals surface area contributed by atoms with Gasteiger partial charge >= 0.3 is 6.09 Å². The van der Waals surface area contributed by atoms with E-state index in [-0.39, 0.29) is 25.0 Å². The predicted octanol–water partition coefficient (Wildman–Crippen LogP) is 2.81. The maximum absolute atomic E-state index is 13.2. The molecular weight excluding hydrogens is 320 g/mol. The second-order valence-electron chi connectivity index (χ2n) is 7.48. The molecule has 1 rings (SSSR count). The lowest BCUT2D eigenvalue weighted by molar-refractivity contribution is -0.141. The fourth-order valence-corrected chi connectivity index (χ4v) is 2.90. The Morgan fingerprint density at radius 1 is 1.12 bits per heavy atom. The summed E-state index contributed by atoms with van der Waals surface area (Å²) in [5.74, 6) is -0.481. The topological polar surface area (TPSA) is 81.1 Å². The van der Waals surface area contributed by atoms with E-state index < -0.39 is 17.7 Å². The summed E-state index contributed by atoms with van der Waals surface area (Å²) in [6, 6.07) is 8.66. The van der Waals surface area contributed by atoms with E-state index in [1.165, 1.54) is 9.80 Å². The molecule has 6 heteroatoms. The van der Waals surface area contributed by atoms with Crippen LogP contribution in [-0.4, -0.2) is 56.7 Å². The Morgan fingerprint density at radius 2 is 1.68 bits per heavy atom. The fourth-order valence-electron chi connectivity index (χ4n) is 2.90. The number of rotatable bonds is 7. The zero-order valence-electron chi connectivity index (χ0n) is 15.8. The molecule has 1 aromatic carbocycles. The molecule has 2 N–H and O–H groups in total. The minimum absolute atomic E-state index is 0.161. The number of aliphatic hydroxyl groups is 1. The van der Waals surface area contributed by atoms with Crippen LogP contribution in [0.3, 0.4) is 0 Å². The van der Waals surface area contributed by atoms with Crippen LogP contribution >= 0.6 is 0 Å². The summed E-state index contributed by atoms with van der Waals surface area (Å²) in [6.07, 6.45) is -1.12. The molecule has 140 valence electrons. The van der Waals surface area contributed by atoms with Crippen LogP contribution in [0.15, 0.2) is 30.3 Å². The van der Waals surface area contributed by atoms with E-state index in [0.717, 1.165) is 5.56 Å². The number of benzene rings is 1. The number of aliphatic hydroxyl groups excluding tert-OH is 1. The van der Waals surface area contributed by atoms with Gasteiger partial charge in [-0.2, -0.15) is 0 Å². The Hall–Kier alpha value is -2.08. The third kappa shape index (κ3) is 5.74. The molecule has 0 unspecified atom stereocenters. The van der Waals surface area contributed by atoms with E-state index in [1.807, 2.05) is 44.2 Å². The Morgan fingerprint density at radius 3 is 2.08 bits per heavy atom. The molecule has 0 fully saturated rings. The van der Waals surface area contributed by atoms with Crippen LogP contribution in [0.4, 0.5) is 4.79 Å². The number of hydrogen-bond donors (Lipinski definition) is 2. The minimum atomic E-state index is -1.12.